The minimum Gasteiger partial charge on any atom is -0.455 e. The van der Waals surface area contributed by atoms with Gasteiger partial charge in [0.15, 0.2) is 0 Å². The van der Waals surface area contributed by atoms with Gasteiger partial charge in [0.05, 0.1) is 16.7 Å². The Bertz CT molecular complexity index is 3560. The number of aromatic nitrogens is 1. The van der Waals surface area contributed by atoms with Crippen LogP contribution in [0.5, 0.6) is 0 Å². The van der Waals surface area contributed by atoms with E-state index in [2.05, 4.69) is 234 Å². The molecule has 0 saturated heterocycles. The van der Waals surface area contributed by atoms with Crippen LogP contribution in [0.15, 0.2) is 235 Å². The van der Waals surface area contributed by atoms with Crippen molar-refractivity contribution >= 4 is 71.6 Å². The van der Waals surface area contributed by atoms with Gasteiger partial charge in [0.25, 0.3) is 0 Å². The standard InChI is InChI=1S/C58H38N2O/c1-3-13-42(14-4-1)49-21-12-22-52-53-37-43(30-36-57(53)61-58(49)52)39-25-31-46(32-26-39)59(54-24-11-16-41-15-7-8-19-48(41)54)47-33-27-40(28-34-47)44-29-35-51-50-20-9-10-23-55(50)60(56(51)38-44)45-17-5-2-6-18-45/h1-38H. The fourth-order valence-corrected chi connectivity index (χ4v) is 9.26. The van der Waals surface area contributed by atoms with Crippen molar-refractivity contribution in [3.63, 3.8) is 0 Å². The number of para-hydroxylation sites is 3. The molecule has 0 bridgehead atoms. The molecule has 0 spiro atoms. The molecule has 286 valence electrons. The minimum absolute atomic E-state index is 0.892. The summed E-state index contributed by atoms with van der Waals surface area (Å²) >= 11 is 0. The van der Waals surface area contributed by atoms with E-state index in [-0.39, 0.29) is 0 Å². The lowest BCUT2D eigenvalue weighted by Gasteiger charge is -2.27. The van der Waals surface area contributed by atoms with Crippen LogP contribution in [0.1, 0.15) is 0 Å². The average Bonchev–Trinajstić information content (AvgIpc) is 3.88. The van der Waals surface area contributed by atoms with Crippen molar-refractivity contribution in [2.75, 3.05) is 4.90 Å². The average molecular weight is 779 g/mol. The van der Waals surface area contributed by atoms with Crippen molar-refractivity contribution < 1.29 is 4.42 Å². The fourth-order valence-electron chi connectivity index (χ4n) is 9.26. The molecule has 0 aliphatic rings. The molecule has 0 N–H and O–H groups in total. The maximum Gasteiger partial charge on any atom is 0.143 e. The Morgan fingerprint density at radius 3 is 1.69 bits per heavy atom. The molecule has 12 aromatic rings. The van der Waals surface area contributed by atoms with Gasteiger partial charge in [0.2, 0.25) is 0 Å². The molecule has 0 amide bonds. The number of nitrogens with zero attached hydrogens (tertiary/aromatic N) is 2. The zero-order valence-electron chi connectivity index (χ0n) is 33.2. The highest BCUT2D eigenvalue weighted by Crippen LogP contribution is 2.42. The molecule has 0 radical (unpaired) electrons. The molecule has 3 heteroatoms. The first-order chi connectivity index (χ1) is 30.2. The molecule has 12 rings (SSSR count). The summed E-state index contributed by atoms with van der Waals surface area (Å²) in [6.45, 7) is 0. The molecule has 2 aromatic heterocycles. The summed E-state index contributed by atoms with van der Waals surface area (Å²) < 4.78 is 8.88. The van der Waals surface area contributed by atoms with Crippen molar-refractivity contribution in [3.05, 3.63) is 231 Å². The highest BCUT2D eigenvalue weighted by Gasteiger charge is 2.18. The first-order valence-electron chi connectivity index (χ1n) is 20.8. The predicted octanol–water partition coefficient (Wildman–Crippen LogP) is 16.3. The van der Waals surface area contributed by atoms with Crippen molar-refractivity contribution in [2.45, 2.75) is 0 Å². The van der Waals surface area contributed by atoms with Crippen molar-refractivity contribution in [2.24, 2.45) is 0 Å². The molecule has 0 saturated carbocycles. The van der Waals surface area contributed by atoms with Gasteiger partial charge in [0, 0.05) is 49.6 Å². The van der Waals surface area contributed by atoms with Gasteiger partial charge in [-0.25, -0.2) is 0 Å². The number of hydrogen-bond donors (Lipinski definition) is 0. The fraction of sp³-hybridized carbons (Fsp3) is 0. The van der Waals surface area contributed by atoms with Gasteiger partial charge in [-0.05, 0) is 99.9 Å². The summed E-state index contributed by atoms with van der Waals surface area (Å²) in [4.78, 5) is 2.38. The molecule has 2 heterocycles. The van der Waals surface area contributed by atoms with E-state index < -0.39 is 0 Å². The summed E-state index contributed by atoms with van der Waals surface area (Å²) in [5.41, 5.74) is 15.6. The first kappa shape index (κ1) is 34.9. The van der Waals surface area contributed by atoms with Crippen LogP contribution >= 0.6 is 0 Å². The highest BCUT2D eigenvalue weighted by molar-refractivity contribution is 6.11. The first-order valence-corrected chi connectivity index (χ1v) is 20.8. The van der Waals surface area contributed by atoms with E-state index in [1.54, 1.807) is 0 Å². The van der Waals surface area contributed by atoms with Crippen molar-refractivity contribution in [3.8, 4) is 39.1 Å². The smallest absolute Gasteiger partial charge is 0.143 e. The van der Waals surface area contributed by atoms with Crippen LogP contribution in [-0.4, -0.2) is 4.57 Å². The van der Waals surface area contributed by atoms with Crippen LogP contribution in [0.3, 0.4) is 0 Å². The lowest BCUT2D eigenvalue weighted by molar-refractivity contribution is 0.670. The van der Waals surface area contributed by atoms with E-state index in [4.69, 9.17) is 4.42 Å². The van der Waals surface area contributed by atoms with E-state index in [1.165, 1.54) is 43.7 Å². The van der Waals surface area contributed by atoms with Crippen molar-refractivity contribution in [1.29, 1.82) is 0 Å². The summed E-state index contributed by atoms with van der Waals surface area (Å²) in [7, 11) is 0. The van der Waals surface area contributed by atoms with Gasteiger partial charge in [-0.3, -0.25) is 0 Å². The Hall–Kier alpha value is -8.14. The lowest BCUT2D eigenvalue weighted by Crippen LogP contribution is -2.10. The molecule has 3 nitrogen and oxygen atoms in total. The number of furan rings is 1. The number of hydrogen-bond acceptors (Lipinski definition) is 2. The zero-order chi connectivity index (χ0) is 40.3. The molecule has 61 heavy (non-hydrogen) atoms. The SMILES string of the molecule is c1ccc(-c2cccc3c2oc2ccc(-c4ccc(N(c5ccc(-c6ccc7c8ccccc8n(-c8ccccc8)c7c6)cc5)c5cccc6ccccc56)cc4)cc23)cc1. The third-order valence-electron chi connectivity index (χ3n) is 12.2. The zero-order valence-corrected chi connectivity index (χ0v) is 33.2. The summed E-state index contributed by atoms with van der Waals surface area (Å²) in [6.07, 6.45) is 0. The minimum atomic E-state index is 0.892. The Balaban J connectivity index is 0.932. The molecular formula is C58H38N2O. The maximum absolute atomic E-state index is 6.50. The topological polar surface area (TPSA) is 21.3 Å². The van der Waals surface area contributed by atoms with Crippen molar-refractivity contribution in [1.82, 2.24) is 4.57 Å². The van der Waals surface area contributed by atoms with E-state index >= 15 is 0 Å². The summed E-state index contributed by atoms with van der Waals surface area (Å²) in [6, 6.07) is 82.8. The van der Waals surface area contributed by atoms with Crippen LogP contribution in [0.4, 0.5) is 17.1 Å². The second-order valence-electron chi connectivity index (χ2n) is 15.7. The Kier molecular flexibility index (Phi) is 8.17. The van der Waals surface area contributed by atoms with E-state index in [0.717, 1.165) is 66.9 Å². The highest BCUT2D eigenvalue weighted by atomic mass is 16.3. The van der Waals surface area contributed by atoms with Crippen LogP contribution in [0.25, 0.3) is 93.6 Å². The molecule has 0 atom stereocenters. The second-order valence-corrected chi connectivity index (χ2v) is 15.7. The molecule has 0 fully saturated rings. The number of fused-ring (bicyclic) bond motifs is 7. The maximum atomic E-state index is 6.50. The van der Waals surface area contributed by atoms with Gasteiger partial charge in [-0.1, -0.05) is 164 Å². The van der Waals surface area contributed by atoms with Gasteiger partial charge in [-0.2, -0.15) is 0 Å². The third kappa shape index (κ3) is 5.90. The number of anilines is 3. The Morgan fingerprint density at radius 2 is 0.918 bits per heavy atom. The van der Waals surface area contributed by atoms with Crippen LogP contribution in [-0.2, 0) is 0 Å². The molecule has 0 aliphatic carbocycles. The van der Waals surface area contributed by atoms with Gasteiger partial charge < -0.3 is 13.9 Å². The largest absolute Gasteiger partial charge is 0.455 e. The number of benzene rings is 10. The molecule has 10 aromatic carbocycles. The quantitative estimate of drug-likeness (QED) is 0.161. The van der Waals surface area contributed by atoms with E-state index in [9.17, 15) is 0 Å². The van der Waals surface area contributed by atoms with Gasteiger partial charge in [0.1, 0.15) is 11.2 Å². The molecule has 0 unspecified atom stereocenters. The second kappa shape index (κ2) is 14.3. The van der Waals surface area contributed by atoms with Crippen LogP contribution in [0, 0.1) is 0 Å². The monoisotopic (exact) mass is 778 g/mol. The number of rotatable bonds is 7. The van der Waals surface area contributed by atoms with E-state index in [1.807, 2.05) is 6.07 Å². The van der Waals surface area contributed by atoms with E-state index in [0.29, 0.717) is 0 Å². The summed E-state index contributed by atoms with van der Waals surface area (Å²) in [5.74, 6) is 0. The molecule has 0 aliphatic heterocycles. The van der Waals surface area contributed by atoms with Crippen LogP contribution in [0.2, 0.25) is 0 Å². The van der Waals surface area contributed by atoms with Gasteiger partial charge >= 0.3 is 0 Å². The molecular weight excluding hydrogens is 741 g/mol. The Labute approximate surface area is 353 Å². The van der Waals surface area contributed by atoms with Crippen LogP contribution < -0.4 is 4.90 Å². The third-order valence-corrected chi connectivity index (χ3v) is 12.2. The summed E-state index contributed by atoms with van der Waals surface area (Å²) in [5, 5.41) is 7.15. The van der Waals surface area contributed by atoms with Gasteiger partial charge in [-0.15, -0.1) is 0 Å². The lowest BCUT2D eigenvalue weighted by atomic mass is 9.99. The predicted molar refractivity (Wildman–Crippen MR) is 257 cm³/mol. The Morgan fingerprint density at radius 1 is 0.344 bits per heavy atom. The normalized spacial score (nSPS) is 11.6.